The van der Waals surface area contributed by atoms with Gasteiger partial charge in [-0.3, -0.25) is 9.69 Å². The van der Waals surface area contributed by atoms with E-state index in [0.717, 1.165) is 48.5 Å². The number of aromatic nitrogens is 1. The molecule has 5 rings (SSSR count). The van der Waals surface area contributed by atoms with Crippen LogP contribution in [-0.2, 0) is 6.54 Å². The lowest BCUT2D eigenvalue weighted by Gasteiger charge is -2.32. The zero-order valence-electron chi connectivity index (χ0n) is 17.9. The van der Waals surface area contributed by atoms with Crippen molar-refractivity contribution in [2.24, 2.45) is 0 Å². The van der Waals surface area contributed by atoms with Gasteiger partial charge in [-0.25, -0.2) is 8.78 Å². The van der Waals surface area contributed by atoms with Crippen LogP contribution in [0.5, 0.6) is 0 Å². The maximum atomic E-state index is 13.4. The Hall–Kier alpha value is -3.58. The fraction of sp³-hybridized carbons (Fsp3) is 0.231. The van der Waals surface area contributed by atoms with E-state index in [1.54, 1.807) is 18.2 Å². The Kier molecular flexibility index (Phi) is 5.88. The molecule has 0 saturated carbocycles. The van der Waals surface area contributed by atoms with Crippen molar-refractivity contribution in [3.63, 3.8) is 0 Å². The Morgan fingerprint density at radius 3 is 2.55 bits per heavy atom. The monoisotopic (exact) mass is 447 g/mol. The zero-order chi connectivity index (χ0) is 22.8. The van der Waals surface area contributed by atoms with Gasteiger partial charge in [0.15, 0.2) is 17.4 Å². The molecule has 1 aliphatic rings. The molecule has 5 nitrogen and oxygen atoms in total. The molecule has 1 aliphatic heterocycles. The molecule has 4 aromatic rings. The van der Waals surface area contributed by atoms with Crippen LogP contribution in [0.1, 0.15) is 28.8 Å². The number of piperidine rings is 1. The first-order chi connectivity index (χ1) is 16.1. The normalized spacial score (nSPS) is 15.1. The number of hydrogen-bond donors (Lipinski definition) is 1. The predicted molar refractivity (Wildman–Crippen MR) is 122 cm³/mol. The second-order valence-corrected chi connectivity index (χ2v) is 8.38. The number of benzene rings is 3. The van der Waals surface area contributed by atoms with E-state index in [4.69, 9.17) is 4.52 Å². The summed E-state index contributed by atoms with van der Waals surface area (Å²) in [5, 5.41) is 8.03. The van der Waals surface area contributed by atoms with Crippen molar-refractivity contribution in [1.82, 2.24) is 15.4 Å². The lowest BCUT2D eigenvalue weighted by Crippen LogP contribution is -2.44. The molecule has 1 N–H and O–H groups in total. The van der Waals surface area contributed by atoms with Gasteiger partial charge in [0.1, 0.15) is 5.52 Å². The second-order valence-electron chi connectivity index (χ2n) is 8.38. The minimum atomic E-state index is -0.833. The highest BCUT2D eigenvalue weighted by Crippen LogP contribution is 2.29. The summed E-state index contributed by atoms with van der Waals surface area (Å²) in [6, 6.07) is 19.1. The van der Waals surface area contributed by atoms with Crippen molar-refractivity contribution < 1.29 is 18.1 Å². The van der Waals surface area contributed by atoms with Gasteiger partial charge in [-0.15, -0.1) is 0 Å². The number of rotatable bonds is 5. The maximum Gasteiger partial charge on any atom is 0.251 e. The highest BCUT2D eigenvalue weighted by Gasteiger charge is 2.22. The molecule has 1 fully saturated rings. The number of fused-ring (bicyclic) bond motifs is 1. The first-order valence-corrected chi connectivity index (χ1v) is 11.0. The van der Waals surface area contributed by atoms with Crippen LogP contribution in [-0.4, -0.2) is 35.1 Å². The molecular formula is C26H23F2N3O2. The van der Waals surface area contributed by atoms with Crippen LogP contribution >= 0.6 is 0 Å². The third-order valence-electron chi connectivity index (χ3n) is 6.09. The highest BCUT2D eigenvalue weighted by molar-refractivity contribution is 6.01. The maximum absolute atomic E-state index is 13.4. The molecule has 0 spiro atoms. The van der Waals surface area contributed by atoms with Crippen molar-refractivity contribution in [3.8, 4) is 11.3 Å². The Bertz CT molecular complexity index is 1280. The number of carbonyl (C=O) groups is 1. The third-order valence-corrected chi connectivity index (χ3v) is 6.09. The summed E-state index contributed by atoms with van der Waals surface area (Å²) in [5.41, 5.74) is 2.92. The van der Waals surface area contributed by atoms with Gasteiger partial charge in [0, 0.05) is 36.8 Å². The molecule has 3 aromatic carbocycles. The lowest BCUT2D eigenvalue weighted by molar-refractivity contribution is 0.0909. The van der Waals surface area contributed by atoms with Crippen molar-refractivity contribution in [2.45, 2.75) is 25.4 Å². The number of halogens is 2. The van der Waals surface area contributed by atoms with E-state index < -0.39 is 11.6 Å². The number of likely N-dealkylation sites (tertiary alicyclic amines) is 1. The molecule has 0 aliphatic carbocycles. The molecule has 1 saturated heterocycles. The van der Waals surface area contributed by atoms with Gasteiger partial charge in [-0.1, -0.05) is 41.6 Å². The van der Waals surface area contributed by atoms with Crippen LogP contribution in [0, 0.1) is 11.6 Å². The van der Waals surface area contributed by atoms with Gasteiger partial charge < -0.3 is 9.84 Å². The van der Waals surface area contributed by atoms with Crippen molar-refractivity contribution in [3.05, 3.63) is 89.5 Å². The molecule has 1 amide bonds. The zero-order valence-corrected chi connectivity index (χ0v) is 17.9. The minimum absolute atomic E-state index is 0.0606. The first kappa shape index (κ1) is 21.3. The number of amides is 1. The van der Waals surface area contributed by atoms with Crippen LogP contribution < -0.4 is 5.32 Å². The summed E-state index contributed by atoms with van der Waals surface area (Å²) in [6.07, 6.45) is 1.58. The van der Waals surface area contributed by atoms with Gasteiger partial charge in [-0.2, -0.15) is 0 Å². The first-order valence-electron chi connectivity index (χ1n) is 11.0. The number of carbonyl (C=O) groups excluding carboxylic acids is 1. The largest absolute Gasteiger partial charge is 0.355 e. The fourth-order valence-corrected chi connectivity index (χ4v) is 4.28. The lowest BCUT2D eigenvalue weighted by atomic mass is 10.0. The van der Waals surface area contributed by atoms with Crippen molar-refractivity contribution in [1.29, 1.82) is 0 Å². The van der Waals surface area contributed by atoms with Gasteiger partial charge in [0.2, 0.25) is 0 Å². The van der Waals surface area contributed by atoms with Crippen LogP contribution in [0.25, 0.3) is 22.2 Å². The summed E-state index contributed by atoms with van der Waals surface area (Å²) < 4.78 is 32.1. The van der Waals surface area contributed by atoms with Crippen LogP contribution in [0.2, 0.25) is 0 Å². The highest BCUT2D eigenvalue weighted by atomic mass is 19.2. The molecular weight excluding hydrogens is 424 g/mol. The smallest absolute Gasteiger partial charge is 0.251 e. The average Bonchev–Trinajstić information content (AvgIpc) is 3.26. The molecule has 33 heavy (non-hydrogen) atoms. The molecule has 0 atom stereocenters. The third kappa shape index (κ3) is 4.64. The van der Waals surface area contributed by atoms with E-state index >= 15 is 0 Å². The van der Waals surface area contributed by atoms with Crippen LogP contribution in [0.4, 0.5) is 8.78 Å². The Morgan fingerprint density at radius 1 is 1.00 bits per heavy atom. The fourth-order valence-electron chi connectivity index (χ4n) is 4.28. The number of nitrogens with one attached hydrogen (secondary N) is 1. The summed E-state index contributed by atoms with van der Waals surface area (Å²) >= 11 is 0. The quantitative estimate of drug-likeness (QED) is 0.459. The SMILES string of the molecule is O=C(NC1CCN(Cc2ccc(F)c(F)c2)CC1)c1ccc2noc(-c3ccccc3)c2c1. The molecule has 0 unspecified atom stereocenters. The van der Waals surface area contributed by atoms with E-state index in [0.29, 0.717) is 23.4 Å². The Balaban J connectivity index is 1.22. The van der Waals surface area contributed by atoms with Crippen molar-refractivity contribution in [2.75, 3.05) is 13.1 Å². The molecule has 0 bridgehead atoms. The standard InChI is InChI=1S/C26H23F2N3O2/c27-22-8-6-17(14-23(22)28)16-31-12-10-20(11-13-31)29-26(32)19-7-9-24-21(15-19)25(33-30-24)18-4-2-1-3-5-18/h1-9,14-15,20H,10-13,16H2,(H,29,32). The average molecular weight is 447 g/mol. The van der Waals surface area contributed by atoms with E-state index in [9.17, 15) is 13.6 Å². The van der Waals surface area contributed by atoms with Crippen molar-refractivity contribution >= 4 is 16.8 Å². The van der Waals surface area contributed by atoms with Crippen LogP contribution in [0.3, 0.4) is 0 Å². The Labute approximate surface area is 190 Å². The van der Waals surface area contributed by atoms with E-state index in [1.807, 2.05) is 36.4 Å². The van der Waals surface area contributed by atoms with Gasteiger partial charge in [0.05, 0.1) is 5.39 Å². The Morgan fingerprint density at radius 2 is 1.79 bits per heavy atom. The topological polar surface area (TPSA) is 58.4 Å². The summed E-state index contributed by atoms with van der Waals surface area (Å²) in [7, 11) is 0. The van der Waals surface area contributed by atoms with Crippen LogP contribution in [0.15, 0.2) is 71.3 Å². The van der Waals surface area contributed by atoms with Gasteiger partial charge >= 0.3 is 0 Å². The molecule has 1 aromatic heterocycles. The number of nitrogens with zero attached hydrogens (tertiary/aromatic N) is 2. The van der Waals surface area contributed by atoms with Gasteiger partial charge in [0.25, 0.3) is 5.91 Å². The second kappa shape index (κ2) is 9.11. The predicted octanol–water partition coefficient (Wildman–Crippen LogP) is 5.17. The molecule has 168 valence electrons. The van der Waals surface area contributed by atoms with E-state index in [1.165, 1.54) is 6.07 Å². The molecule has 0 radical (unpaired) electrons. The summed E-state index contributed by atoms with van der Waals surface area (Å²) in [6.45, 7) is 2.10. The number of hydrogen-bond acceptors (Lipinski definition) is 4. The summed E-state index contributed by atoms with van der Waals surface area (Å²) in [4.78, 5) is 15.1. The van der Waals surface area contributed by atoms with E-state index in [2.05, 4.69) is 15.4 Å². The molecule has 2 heterocycles. The molecule has 7 heteroatoms. The van der Waals surface area contributed by atoms with Gasteiger partial charge in [-0.05, 0) is 48.7 Å². The summed E-state index contributed by atoms with van der Waals surface area (Å²) in [5.74, 6) is -1.14. The minimum Gasteiger partial charge on any atom is -0.355 e. The van der Waals surface area contributed by atoms with E-state index in [-0.39, 0.29) is 11.9 Å².